The molecule has 1 aliphatic rings. The van der Waals surface area contributed by atoms with Gasteiger partial charge in [-0.2, -0.15) is 19.9 Å². The van der Waals surface area contributed by atoms with Crippen LogP contribution in [0, 0.1) is 28.6 Å². The van der Waals surface area contributed by atoms with E-state index in [9.17, 15) is 8.42 Å². The van der Waals surface area contributed by atoms with Crippen molar-refractivity contribution in [1.29, 1.82) is 10.5 Å². The molecule has 1 fully saturated rings. The summed E-state index contributed by atoms with van der Waals surface area (Å²) in [6.07, 6.45) is 1.92. The minimum absolute atomic E-state index is 0.224. The predicted molar refractivity (Wildman–Crippen MR) is 85.9 cm³/mol. The van der Waals surface area contributed by atoms with E-state index in [0.717, 1.165) is 12.8 Å². The Morgan fingerprint density at radius 3 is 2.52 bits per heavy atom. The number of rotatable bonds is 4. The molecule has 0 bridgehead atoms. The number of nitrogens with zero attached hydrogens (tertiary/aromatic N) is 4. The molecule has 0 aliphatic carbocycles. The number of piperidine rings is 1. The van der Waals surface area contributed by atoms with Gasteiger partial charge in [0.2, 0.25) is 15.7 Å². The van der Waals surface area contributed by atoms with Crippen molar-refractivity contribution < 1.29 is 8.42 Å². The van der Waals surface area contributed by atoms with Crippen molar-refractivity contribution >= 4 is 21.4 Å². The van der Waals surface area contributed by atoms with Gasteiger partial charge in [-0.05, 0) is 43.0 Å². The summed E-state index contributed by atoms with van der Waals surface area (Å²) in [5, 5.41) is 20.8. The fourth-order valence-electron chi connectivity index (χ4n) is 2.41. The van der Waals surface area contributed by atoms with E-state index in [1.54, 1.807) is 24.3 Å². The third-order valence-corrected chi connectivity index (χ3v) is 5.50. The molecule has 0 saturated carbocycles. The standard InChI is InChI=1S/C15H17N5O2S/c1-12-3-2-8-20(11-12)23(21,22)15-6-4-13(5-7-15)18-19-14(9-16)10-17/h4-7,12,18H,2-3,8,11H2,1H3. The Bertz CT molecular complexity index is 756. The van der Waals surface area contributed by atoms with Crippen molar-refractivity contribution in [1.82, 2.24) is 4.31 Å². The Morgan fingerprint density at radius 2 is 1.96 bits per heavy atom. The predicted octanol–water partition coefficient (Wildman–Crippen LogP) is 1.92. The van der Waals surface area contributed by atoms with Crippen molar-refractivity contribution in [2.75, 3.05) is 18.5 Å². The highest BCUT2D eigenvalue weighted by Gasteiger charge is 2.28. The van der Waals surface area contributed by atoms with E-state index >= 15 is 0 Å². The van der Waals surface area contributed by atoms with Gasteiger partial charge in [-0.1, -0.05) is 6.92 Å². The Labute approximate surface area is 135 Å². The summed E-state index contributed by atoms with van der Waals surface area (Å²) in [5.74, 6) is 0.365. The topological polar surface area (TPSA) is 109 Å². The van der Waals surface area contributed by atoms with Gasteiger partial charge < -0.3 is 0 Å². The van der Waals surface area contributed by atoms with Crippen LogP contribution in [-0.2, 0) is 10.0 Å². The van der Waals surface area contributed by atoms with Crippen molar-refractivity contribution in [3.63, 3.8) is 0 Å². The zero-order valence-corrected chi connectivity index (χ0v) is 13.5. The molecule has 2 rings (SSSR count). The van der Waals surface area contributed by atoms with Gasteiger partial charge in [0.1, 0.15) is 12.1 Å². The number of hydrogen-bond acceptors (Lipinski definition) is 6. The molecule has 0 aromatic heterocycles. The highest BCUT2D eigenvalue weighted by Crippen LogP contribution is 2.24. The highest BCUT2D eigenvalue weighted by atomic mass is 32.2. The Hall–Kier alpha value is -2.42. The quantitative estimate of drug-likeness (QED) is 0.669. The maximum absolute atomic E-state index is 12.6. The van der Waals surface area contributed by atoms with E-state index in [-0.39, 0.29) is 10.6 Å². The average Bonchev–Trinajstić information content (AvgIpc) is 2.56. The molecule has 1 heterocycles. The van der Waals surface area contributed by atoms with Crippen LogP contribution in [0.15, 0.2) is 34.3 Å². The fourth-order valence-corrected chi connectivity index (χ4v) is 4.01. The average molecular weight is 331 g/mol. The second-order valence-electron chi connectivity index (χ2n) is 5.43. The highest BCUT2D eigenvalue weighted by molar-refractivity contribution is 7.89. The van der Waals surface area contributed by atoms with Gasteiger partial charge in [0.15, 0.2) is 0 Å². The molecule has 0 amide bonds. The molecule has 1 N–H and O–H groups in total. The van der Waals surface area contributed by atoms with E-state index in [0.29, 0.717) is 24.7 Å². The summed E-state index contributed by atoms with van der Waals surface area (Å²) < 4.78 is 26.7. The molecular formula is C15H17N5O2S. The van der Waals surface area contributed by atoms with Gasteiger partial charge in [0, 0.05) is 13.1 Å². The van der Waals surface area contributed by atoms with Crippen molar-refractivity contribution in [3.8, 4) is 12.1 Å². The zero-order chi connectivity index (χ0) is 16.9. The van der Waals surface area contributed by atoms with Gasteiger partial charge in [0.25, 0.3) is 0 Å². The van der Waals surface area contributed by atoms with Crippen molar-refractivity contribution in [3.05, 3.63) is 24.3 Å². The maximum atomic E-state index is 12.6. The zero-order valence-electron chi connectivity index (χ0n) is 12.7. The number of benzene rings is 1. The van der Waals surface area contributed by atoms with E-state index in [1.807, 2.05) is 0 Å². The molecule has 1 aromatic carbocycles. The normalized spacial score (nSPS) is 18.5. The summed E-state index contributed by atoms with van der Waals surface area (Å²) in [6.45, 7) is 3.14. The first-order chi connectivity index (χ1) is 11.0. The first-order valence-electron chi connectivity index (χ1n) is 7.21. The Morgan fingerprint density at radius 1 is 1.30 bits per heavy atom. The molecular weight excluding hydrogens is 314 g/mol. The summed E-state index contributed by atoms with van der Waals surface area (Å²) in [5.41, 5.74) is 2.74. The van der Waals surface area contributed by atoms with Crippen LogP contribution >= 0.6 is 0 Å². The smallest absolute Gasteiger partial charge is 0.243 e. The number of nitrogens with one attached hydrogen (secondary N) is 1. The van der Waals surface area contributed by atoms with Gasteiger partial charge in [0.05, 0.1) is 10.6 Å². The minimum atomic E-state index is -3.49. The van der Waals surface area contributed by atoms with Crippen molar-refractivity contribution in [2.45, 2.75) is 24.7 Å². The van der Waals surface area contributed by atoms with Crippen LogP contribution < -0.4 is 5.43 Å². The number of anilines is 1. The molecule has 23 heavy (non-hydrogen) atoms. The number of sulfonamides is 1. The molecule has 1 atom stereocenters. The Balaban J connectivity index is 2.14. The molecule has 0 spiro atoms. The second kappa shape index (κ2) is 7.23. The van der Waals surface area contributed by atoms with Gasteiger partial charge in [-0.3, -0.25) is 5.43 Å². The summed E-state index contributed by atoms with van der Waals surface area (Å²) in [6, 6.07) is 9.34. The molecule has 120 valence electrons. The lowest BCUT2D eigenvalue weighted by molar-refractivity contribution is 0.281. The van der Waals surface area contributed by atoms with Crippen molar-refractivity contribution in [2.24, 2.45) is 11.0 Å². The molecule has 1 aromatic rings. The molecule has 8 heteroatoms. The largest absolute Gasteiger partial charge is 0.277 e. The lowest BCUT2D eigenvalue weighted by Crippen LogP contribution is -2.39. The molecule has 1 aliphatic heterocycles. The monoisotopic (exact) mass is 331 g/mol. The first-order valence-corrected chi connectivity index (χ1v) is 8.65. The van der Waals surface area contributed by atoms with Crippen LogP contribution in [0.1, 0.15) is 19.8 Å². The van der Waals surface area contributed by atoms with Crippen LogP contribution in [0.2, 0.25) is 0 Å². The lowest BCUT2D eigenvalue weighted by Gasteiger charge is -2.30. The third kappa shape index (κ3) is 4.07. The summed E-state index contributed by atoms with van der Waals surface area (Å²) in [7, 11) is -3.49. The maximum Gasteiger partial charge on any atom is 0.243 e. The first kappa shape index (κ1) is 16.9. The van der Waals surface area contributed by atoms with E-state index < -0.39 is 10.0 Å². The van der Waals surface area contributed by atoms with Crippen LogP contribution in [0.5, 0.6) is 0 Å². The molecule has 1 saturated heterocycles. The van der Waals surface area contributed by atoms with Crippen LogP contribution in [0.4, 0.5) is 5.69 Å². The number of nitriles is 2. The van der Waals surface area contributed by atoms with E-state index in [2.05, 4.69) is 17.5 Å². The van der Waals surface area contributed by atoms with Gasteiger partial charge >= 0.3 is 0 Å². The SMILES string of the molecule is CC1CCCN(S(=O)(=O)c2ccc(NN=C(C#N)C#N)cc2)C1. The molecule has 0 radical (unpaired) electrons. The molecule has 7 nitrogen and oxygen atoms in total. The minimum Gasteiger partial charge on any atom is -0.277 e. The summed E-state index contributed by atoms with van der Waals surface area (Å²) >= 11 is 0. The van der Waals surface area contributed by atoms with Crippen LogP contribution in [-0.4, -0.2) is 31.5 Å². The third-order valence-electron chi connectivity index (χ3n) is 3.62. The second-order valence-corrected chi connectivity index (χ2v) is 7.37. The lowest BCUT2D eigenvalue weighted by atomic mass is 10.0. The Kier molecular flexibility index (Phi) is 5.32. The molecule has 1 unspecified atom stereocenters. The van der Waals surface area contributed by atoms with Gasteiger partial charge in [-0.25, -0.2) is 8.42 Å². The number of hydrogen-bond donors (Lipinski definition) is 1. The van der Waals surface area contributed by atoms with E-state index in [1.165, 1.54) is 16.4 Å². The van der Waals surface area contributed by atoms with Crippen LogP contribution in [0.3, 0.4) is 0 Å². The fraction of sp³-hybridized carbons (Fsp3) is 0.400. The van der Waals surface area contributed by atoms with Gasteiger partial charge in [-0.15, -0.1) is 0 Å². The van der Waals surface area contributed by atoms with Crippen LogP contribution in [0.25, 0.3) is 0 Å². The number of hydrazone groups is 1. The summed E-state index contributed by atoms with van der Waals surface area (Å²) in [4.78, 5) is 0.224. The van der Waals surface area contributed by atoms with E-state index in [4.69, 9.17) is 10.5 Å².